The van der Waals surface area contributed by atoms with Crippen LogP contribution in [0.3, 0.4) is 0 Å². The van der Waals surface area contributed by atoms with Gasteiger partial charge in [-0.1, -0.05) is 13.8 Å². The quantitative estimate of drug-likeness (QED) is 0.658. The molecule has 6 rings (SSSR count). The number of nitrogens with zero attached hydrogens (tertiary/aromatic N) is 6. The van der Waals surface area contributed by atoms with Gasteiger partial charge in [0.1, 0.15) is 5.82 Å². The standard InChI is InChI=1S/C24H30N8/c1-15(2)22-20-18(30-31(22)3)12-24(6-7-24)17-14-27-23(29-21(17)20)28-19-5-4-16(13-26-19)32-10-8-25-9-11-32/h4-5,13-15,25H,6-12H2,1-3H3,(H,26,27,28,29). The molecule has 0 aromatic carbocycles. The fourth-order valence-corrected chi connectivity index (χ4v) is 5.36. The Morgan fingerprint density at radius 2 is 1.91 bits per heavy atom. The second kappa shape index (κ2) is 7.27. The summed E-state index contributed by atoms with van der Waals surface area (Å²) in [5.41, 5.74) is 7.32. The Bertz CT molecular complexity index is 1150. The van der Waals surface area contributed by atoms with Gasteiger partial charge in [0.15, 0.2) is 0 Å². The van der Waals surface area contributed by atoms with Crippen molar-refractivity contribution in [3.05, 3.63) is 41.5 Å². The lowest BCUT2D eigenvalue weighted by molar-refractivity contribution is 0.589. The number of aryl methyl sites for hydroxylation is 1. The van der Waals surface area contributed by atoms with Crippen molar-refractivity contribution in [3.8, 4) is 11.3 Å². The number of hydrogen-bond acceptors (Lipinski definition) is 7. The molecule has 0 atom stereocenters. The fraction of sp³-hybridized carbons (Fsp3) is 0.500. The molecule has 3 aromatic rings. The van der Waals surface area contributed by atoms with E-state index in [1.807, 2.05) is 23.1 Å². The van der Waals surface area contributed by atoms with Gasteiger partial charge in [0.25, 0.3) is 0 Å². The molecule has 0 amide bonds. The lowest BCUT2D eigenvalue weighted by atomic mass is 9.81. The van der Waals surface area contributed by atoms with Crippen molar-refractivity contribution in [3.63, 3.8) is 0 Å². The fourth-order valence-electron chi connectivity index (χ4n) is 5.36. The second-order valence-electron chi connectivity index (χ2n) is 9.66. The number of piperazine rings is 1. The summed E-state index contributed by atoms with van der Waals surface area (Å²) in [6.07, 6.45) is 7.35. The van der Waals surface area contributed by atoms with Gasteiger partial charge in [-0.25, -0.2) is 15.0 Å². The number of hydrogen-bond donors (Lipinski definition) is 2. The molecule has 0 bridgehead atoms. The lowest BCUT2D eigenvalue weighted by Gasteiger charge is -2.29. The molecule has 1 saturated heterocycles. The Kier molecular flexibility index (Phi) is 4.47. The van der Waals surface area contributed by atoms with Crippen LogP contribution in [-0.4, -0.2) is 50.9 Å². The highest BCUT2D eigenvalue weighted by Crippen LogP contribution is 2.57. The van der Waals surface area contributed by atoms with E-state index in [9.17, 15) is 0 Å². The molecular formula is C24H30N8. The Morgan fingerprint density at radius 3 is 2.59 bits per heavy atom. The molecule has 0 unspecified atom stereocenters. The minimum absolute atomic E-state index is 0.187. The van der Waals surface area contributed by atoms with Crippen LogP contribution in [0.1, 0.15) is 49.6 Å². The Morgan fingerprint density at radius 1 is 1.09 bits per heavy atom. The molecule has 3 aromatic heterocycles. The van der Waals surface area contributed by atoms with Gasteiger partial charge < -0.3 is 15.5 Å². The highest BCUT2D eigenvalue weighted by atomic mass is 15.3. The lowest BCUT2D eigenvalue weighted by Crippen LogP contribution is -2.43. The van der Waals surface area contributed by atoms with Gasteiger partial charge in [-0.05, 0) is 30.9 Å². The van der Waals surface area contributed by atoms with Crippen LogP contribution in [0.5, 0.6) is 0 Å². The SMILES string of the molecule is CC(C)c1c2c(nn1C)CC1(CC1)c1cnc(Nc3ccc(N4CCNCC4)cn3)nc1-2. The topological polar surface area (TPSA) is 83.8 Å². The minimum Gasteiger partial charge on any atom is -0.368 e. The van der Waals surface area contributed by atoms with Gasteiger partial charge in [-0.15, -0.1) is 0 Å². The van der Waals surface area contributed by atoms with Gasteiger partial charge in [-0.3, -0.25) is 4.68 Å². The molecule has 2 fully saturated rings. The number of anilines is 3. The number of nitrogens with one attached hydrogen (secondary N) is 2. The predicted molar refractivity (Wildman–Crippen MR) is 126 cm³/mol. The van der Waals surface area contributed by atoms with E-state index >= 15 is 0 Å². The van der Waals surface area contributed by atoms with Crippen LogP contribution in [0, 0.1) is 0 Å². The number of fused-ring (bicyclic) bond motifs is 4. The molecule has 1 aliphatic heterocycles. The van der Waals surface area contributed by atoms with Gasteiger partial charge in [0.2, 0.25) is 5.95 Å². The first kappa shape index (κ1) is 19.7. The highest BCUT2D eigenvalue weighted by Gasteiger charge is 2.51. The first-order valence-corrected chi connectivity index (χ1v) is 11.7. The van der Waals surface area contributed by atoms with Crippen LogP contribution in [0.2, 0.25) is 0 Å². The molecule has 8 heteroatoms. The summed E-state index contributed by atoms with van der Waals surface area (Å²) in [6.45, 7) is 8.50. The predicted octanol–water partition coefficient (Wildman–Crippen LogP) is 3.14. The van der Waals surface area contributed by atoms with Gasteiger partial charge >= 0.3 is 0 Å². The van der Waals surface area contributed by atoms with Crippen molar-refractivity contribution >= 4 is 17.5 Å². The zero-order valence-electron chi connectivity index (χ0n) is 19.0. The van der Waals surface area contributed by atoms with E-state index in [4.69, 9.17) is 10.1 Å². The summed E-state index contributed by atoms with van der Waals surface area (Å²) in [5.74, 6) is 1.73. The molecule has 8 nitrogen and oxygen atoms in total. The average molecular weight is 431 g/mol. The summed E-state index contributed by atoms with van der Waals surface area (Å²) in [6, 6.07) is 4.13. The zero-order chi connectivity index (χ0) is 21.9. The minimum atomic E-state index is 0.187. The third kappa shape index (κ3) is 3.16. The highest BCUT2D eigenvalue weighted by molar-refractivity contribution is 5.75. The van der Waals surface area contributed by atoms with E-state index in [2.05, 4.69) is 52.5 Å². The first-order chi connectivity index (χ1) is 15.5. The third-order valence-electron chi connectivity index (χ3n) is 7.14. The summed E-state index contributed by atoms with van der Waals surface area (Å²) >= 11 is 0. The summed E-state index contributed by atoms with van der Waals surface area (Å²) in [5, 5.41) is 11.6. The molecule has 3 aliphatic rings. The summed E-state index contributed by atoms with van der Waals surface area (Å²) in [7, 11) is 2.05. The molecule has 1 saturated carbocycles. The van der Waals surface area contributed by atoms with Crippen molar-refractivity contribution < 1.29 is 0 Å². The number of rotatable bonds is 4. The van der Waals surface area contributed by atoms with Crippen molar-refractivity contribution in [1.29, 1.82) is 0 Å². The molecule has 2 aliphatic carbocycles. The Hall–Kier alpha value is -3.00. The van der Waals surface area contributed by atoms with Crippen LogP contribution < -0.4 is 15.5 Å². The third-order valence-corrected chi connectivity index (χ3v) is 7.14. The van der Waals surface area contributed by atoms with Gasteiger partial charge in [0.05, 0.1) is 29.0 Å². The van der Waals surface area contributed by atoms with E-state index in [-0.39, 0.29) is 5.41 Å². The van der Waals surface area contributed by atoms with Crippen molar-refractivity contribution in [2.24, 2.45) is 7.05 Å². The number of pyridine rings is 1. The molecule has 0 radical (unpaired) electrons. The largest absolute Gasteiger partial charge is 0.368 e. The van der Waals surface area contributed by atoms with E-state index in [0.717, 1.165) is 49.8 Å². The molecular weight excluding hydrogens is 400 g/mol. The molecule has 4 heterocycles. The monoisotopic (exact) mass is 430 g/mol. The molecule has 32 heavy (non-hydrogen) atoms. The number of aromatic nitrogens is 5. The summed E-state index contributed by atoms with van der Waals surface area (Å²) < 4.78 is 2.05. The van der Waals surface area contributed by atoms with Crippen LogP contribution in [0.25, 0.3) is 11.3 Å². The van der Waals surface area contributed by atoms with E-state index in [1.54, 1.807) is 0 Å². The average Bonchev–Trinajstić information content (AvgIpc) is 3.48. The van der Waals surface area contributed by atoms with Crippen LogP contribution in [0.15, 0.2) is 24.5 Å². The van der Waals surface area contributed by atoms with Crippen LogP contribution >= 0.6 is 0 Å². The van der Waals surface area contributed by atoms with Crippen molar-refractivity contribution in [2.45, 2.75) is 44.4 Å². The molecule has 1 spiro atoms. The van der Waals surface area contributed by atoms with E-state index < -0.39 is 0 Å². The second-order valence-corrected chi connectivity index (χ2v) is 9.66. The maximum atomic E-state index is 5.02. The Labute approximate surface area is 188 Å². The molecule has 2 N–H and O–H groups in total. The van der Waals surface area contributed by atoms with E-state index in [0.29, 0.717) is 11.9 Å². The first-order valence-electron chi connectivity index (χ1n) is 11.7. The van der Waals surface area contributed by atoms with Gasteiger partial charge in [0, 0.05) is 62.4 Å². The van der Waals surface area contributed by atoms with Gasteiger partial charge in [-0.2, -0.15) is 5.10 Å². The molecule has 166 valence electrons. The van der Waals surface area contributed by atoms with Crippen molar-refractivity contribution in [2.75, 3.05) is 36.4 Å². The smallest absolute Gasteiger partial charge is 0.228 e. The normalized spacial score (nSPS) is 18.6. The van der Waals surface area contributed by atoms with Crippen molar-refractivity contribution in [1.82, 2.24) is 30.0 Å². The Balaban J connectivity index is 1.33. The maximum absolute atomic E-state index is 5.02. The zero-order valence-corrected chi connectivity index (χ0v) is 19.0. The van der Waals surface area contributed by atoms with Crippen LogP contribution in [0.4, 0.5) is 17.5 Å². The van der Waals surface area contributed by atoms with Crippen LogP contribution in [-0.2, 0) is 18.9 Å². The summed E-state index contributed by atoms with van der Waals surface area (Å²) in [4.78, 5) is 16.7. The van der Waals surface area contributed by atoms with E-state index in [1.165, 1.54) is 35.4 Å². The maximum Gasteiger partial charge on any atom is 0.228 e.